The molecule has 0 saturated carbocycles. The van der Waals surface area contributed by atoms with E-state index < -0.39 is 15.3 Å². The minimum absolute atomic E-state index is 0.00874. The molecule has 1 aromatic carbocycles. The number of primary sulfonamides is 1. The lowest BCUT2D eigenvalue weighted by atomic mass is 10.3. The van der Waals surface area contributed by atoms with Gasteiger partial charge in [0.2, 0.25) is 15.9 Å². The summed E-state index contributed by atoms with van der Waals surface area (Å²) in [7, 11) is -3.83. The van der Waals surface area contributed by atoms with Gasteiger partial charge < -0.3 is 9.88 Å². The molecule has 3 amide bonds. The second-order valence-corrected chi connectivity index (χ2v) is 9.09. The number of rotatable bonds is 6. The van der Waals surface area contributed by atoms with E-state index >= 15 is 0 Å². The second kappa shape index (κ2) is 7.49. The molecule has 3 rings (SSSR count). The summed E-state index contributed by atoms with van der Waals surface area (Å²) in [5.41, 5.74) is 1.27. The molecule has 0 spiro atoms. The maximum Gasteiger partial charge on any atom is 0.324 e. The summed E-state index contributed by atoms with van der Waals surface area (Å²) in [5.74, 6) is -0.282. The van der Waals surface area contributed by atoms with Crippen molar-refractivity contribution in [1.29, 1.82) is 0 Å². The first kappa shape index (κ1) is 19.6. The molecule has 146 valence electrons. The number of imide groups is 1. The van der Waals surface area contributed by atoms with Crippen molar-refractivity contribution in [3.8, 4) is 0 Å². The molecule has 1 aliphatic heterocycles. The Hall–Kier alpha value is -2.11. The molecule has 27 heavy (non-hydrogen) atoms. The number of hydrogen-bond acceptors (Lipinski definition) is 6. The van der Waals surface area contributed by atoms with Crippen LogP contribution in [-0.2, 0) is 21.4 Å². The monoisotopic (exact) mass is 411 g/mol. The lowest BCUT2D eigenvalue weighted by Crippen LogP contribution is -2.39. The Balaban J connectivity index is 1.93. The van der Waals surface area contributed by atoms with Crippen LogP contribution >= 0.6 is 11.8 Å². The third-order valence-electron chi connectivity index (χ3n) is 4.21. The van der Waals surface area contributed by atoms with Gasteiger partial charge in [-0.25, -0.2) is 23.3 Å². The maximum atomic E-state index is 12.5. The lowest BCUT2D eigenvalue weighted by molar-refractivity contribution is -0.126. The average molecular weight is 412 g/mol. The van der Waals surface area contributed by atoms with Crippen molar-refractivity contribution in [3.63, 3.8) is 0 Å². The molecule has 1 saturated heterocycles. The van der Waals surface area contributed by atoms with Crippen LogP contribution in [0.5, 0.6) is 0 Å². The zero-order valence-electron chi connectivity index (χ0n) is 15.0. The summed E-state index contributed by atoms with van der Waals surface area (Å²) in [6, 6.07) is 4.17. The number of sulfonamides is 1. The summed E-state index contributed by atoms with van der Waals surface area (Å²) >= 11 is 1.25. The van der Waals surface area contributed by atoms with E-state index in [9.17, 15) is 18.0 Å². The van der Waals surface area contributed by atoms with Crippen LogP contribution in [0.2, 0.25) is 0 Å². The third kappa shape index (κ3) is 3.94. The predicted octanol–water partition coefficient (Wildman–Crippen LogP) is 1.13. The first-order valence-electron chi connectivity index (χ1n) is 8.51. The SMILES string of the molecule is CCCn1c(SC(C)C(=O)N2CCNC2=O)nc2cc(S(N)(=O)=O)ccc21. The lowest BCUT2D eigenvalue weighted by Gasteiger charge is -2.17. The number of nitrogens with zero attached hydrogens (tertiary/aromatic N) is 3. The molecule has 9 nitrogen and oxygen atoms in total. The number of carbonyl (C=O) groups excluding carboxylic acids is 2. The molecule has 0 radical (unpaired) electrons. The maximum absolute atomic E-state index is 12.5. The molecule has 1 aromatic heterocycles. The van der Waals surface area contributed by atoms with Crippen LogP contribution in [0.3, 0.4) is 0 Å². The minimum atomic E-state index is -3.83. The first-order valence-corrected chi connectivity index (χ1v) is 10.9. The molecule has 2 heterocycles. The first-order chi connectivity index (χ1) is 12.7. The molecular weight excluding hydrogens is 390 g/mol. The van der Waals surface area contributed by atoms with Gasteiger partial charge in [0.25, 0.3) is 0 Å². The van der Waals surface area contributed by atoms with E-state index in [2.05, 4.69) is 10.3 Å². The molecule has 3 N–H and O–H groups in total. The van der Waals surface area contributed by atoms with Crippen molar-refractivity contribution in [1.82, 2.24) is 19.8 Å². The largest absolute Gasteiger partial charge is 0.336 e. The number of benzene rings is 1. The molecule has 1 fully saturated rings. The van der Waals surface area contributed by atoms with Gasteiger partial charge >= 0.3 is 6.03 Å². The van der Waals surface area contributed by atoms with Crippen LogP contribution in [0.4, 0.5) is 4.79 Å². The molecule has 2 aromatic rings. The summed E-state index contributed by atoms with van der Waals surface area (Å²) in [6.07, 6.45) is 0.840. The van der Waals surface area contributed by atoms with Crippen LogP contribution in [0, 0.1) is 0 Å². The van der Waals surface area contributed by atoms with E-state index in [1.165, 1.54) is 28.8 Å². The molecular formula is C16H21N5O4S2. The van der Waals surface area contributed by atoms with Gasteiger partial charge in [0.05, 0.1) is 21.2 Å². The Morgan fingerprint density at radius 3 is 2.78 bits per heavy atom. The summed E-state index contributed by atoms with van der Waals surface area (Å²) in [5, 5.41) is 7.89. The number of fused-ring (bicyclic) bond motifs is 1. The number of imidazole rings is 1. The van der Waals surface area contributed by atoms with Crippen molar-refractivity contribution >= 4 is 44.8 Å². The highest BCUT2D eigenvalue weighted by Crippen LogP contribution is 2.29. The fraction of sp³-hybridized carbons (Fsp3) is 0.438. The van der Waals surface area contributed by atoms with Gasteiger partial charge in [0, 0.05) is 19.6 Å². The number of nitrogens with one attached hydrogen (secondary N) is 1. The van der Waals surface area contributed by atoms with Crippen molar-refractivity contribution in [2.45, 2.75) is 42.1 Å². The van der Waals surface area contributed by atoms with Crippen molar-refractivity contribution < 1.29 is 18.0 Å². The average Bonchev–Trinajstić information content (AvgIpc) is 3.17. The van der Waals surface area contributed by atoms with Gasteiger partial charge in [-0.3, -0.25) is 9.69 Å². The zero-order chi connectivity index (χ0) is 19.8. The van der Waals surface area contributed by atoms with E-state index in [0.717, 1.165) is 11.9 Å². The van der Waals surface area contributed by atoms with E-state index in [4.69, 9.17) is 5.14 Å². The van der Waals surface area contributed by atoms with Crippen molar-refractivity contribution in [2.24, 2.45) is 5.14 Å². The standard InChI is InChI=1S/C16H21N5O4S2/c1-3-7-20-13-5-4-11(27(17,24)25)9-12(13)19-16(20)26-10(2)14(22)21-8-6-18-15(21)23/h4-5,9-10H,3,6-8H2,1-2H3,(H,18,23)(H2,17,24,25). The molecule has 11 heteroatoms. The quantitative estimate of drug-likeness (QED) is 0.686. The van der Waals surface area contributed by atoms with Crippen LogP contribution in [-0.4, -0.2) is 53.1 Å². The number of amides is 3. The van der Waals surface area contributed by atoms with E-state index in [1.807, 2.05) is 11.5 Å². The van der Waals surface area contributed by atoms with Crippen LogP contribution < -0.4 is 10.5 Å². The number of aromatic nitrogens is 2. The van der Waals surface area contributed by atoms with Crippen LogP contribution in [0.25, 0.3) is 11.0 Å². The summed E-state index contributed by atoms with van der Waals surface area (Å²) in [4.78, 5) is 29.9. The molecule has 1 aliphatic rings. The topological polar surface area (TPSA) is 127 Å². The second-order valence-electron chi connectivity index (χ2n) is 6.22. The Morgan fingerprint density at radius 1 is 1.44 bits per heavy atom. The fourth-order valence-electron chi connectivity index (χ4n) is 2.90. The Labute approximate surface area is 161 Å². The predicted molar refractivity (Wildman–Crippen MR) is 102 cm³/mol. The smallest absolute Gasteiger partial charge is 0.324 e. The fourth-order valence-corrected chi connectivity index (χ4v) is 4.45. The number of nitrogens with two attached hydrogens (primary N) is 1. The Morgan fingerprint density at radius 2 is 2.19 bits per heavy atom. The van der Waals surface area contributed by atoms with Crippen molar-refractivity contribution in [2.75, 3.05) is 13.1 Å². The third-order valence-corrected chi connectivity index (χ3v) is 6.20. The minimum Gasteiger partial charge on any atom is -0.336 e. The van der Waals surface area contributed by atoms with Gasteiger partial charge in [0.15, 0.2) is 5.16 Å². The van der Waals surface area contributed by atoms with Crippen LogP contribution in [0.15, 0.2) is 28.3 Å². The number of thioether (sulfide) groups is 1. The molecule has 0 bridgehead atoms. The highest BCUT2D eigenvalue weighted by molar-refractivity contribution is 8.00. The van der Waals surface area contributed by atoms with Gasteiger partial charge in [-0.05, 0) is 31.5 Å². The number of urea groups is 1. The number of carbonyl (C=O) groups is 2. The molecule has 0 aliphatic carbocycles. The van der Waals surface area contributed by atoms with Gasteiger partial charge in [-0.15, -0.1) is 0 Å². The van der Waals surface area contributed by atoms with E-state index in [0.29, 0.717) is 30.3 Å². The molecule has 1 atom stereocenters. The Kier molecular flexibility index (Phi) is 5.45. The number of aryl methyl sites for hydroxylation is 1. The van der Waals surface area contributed by atoms with Crippen LogP contribution in [0.1, 0.15) is 20.3 Å². The van der Waals surface area contributed by atoms with Gasteiger partial charge in [0.1, 0.15) is 0 Å². The Bertz CT molecular complexity index is 1000. The van der Waals surface area contributed by atoms with Gasteiger partial charge in [-0.2, -0.15) is 0 Å². The summed E-state index contributed by atoms with van der Waals surface area (Å²) < 4.78 is 25.1. The normalized spacial score (nSPS) is 16.0. The van der Waals surface area contributed by atoms with Crippen molar-refractivity contribution in [3.05, 3.63) is 18.2 Å². The molecule has 1 unspecified atom stereocenters. The highest BCUT2D eigenvalue weighted by Gasteiger charge is 2.31. The summed E-state index contributed by atoms with van der Waals surface area (Å²) in [6.45, 7) is 5.21. The highest BCUT2D eigenvalue weighted by atomic mass is 32.2. The van der Waals surface area contributed by atoms with Gasteiger partial charge in [-0.1, -0.05) is 18.7 Å². The number of hydrogen-bond donors (Lipinski definition) is 2. The van der Waals surface area contributed by atoms with E-state index in [-0.39, 0.29) is 16.8 Å². The zero-order valence-corrected chi connectivity index (χ0v) is 16.6. The van der Waals surface area contributed by atoms with E-state index in [1.54, 1.807) is 13.0 Å².